The zero-order valence-electron chi connectivity index (χ0n) is 17.2. The summed E-state index contributed by atoms with van der Waals surface area (Å²) >= 11 is 0. The second-order valence-corrected chi connectivity index (χ2v) is 7.35. The van der Waals surface area contributed by atoms with Gasteiger partial charge in [0.25, 0.3) is 0 Å². The van der Waals surface area contributed by atoms with Gasteiger partial charge in [0.05, 0.1) is 13.7 Å². The second kappa shape index (κ2) is 9.77. The van der Waals surface area contributed by atoms with E-state index in [9.17, 15) is 4.79 Å². The zero-order valence-corrected chi connectivity index (χ0v) is 17.2. The van der Waals surface area contributed by atoms with Crippen LogP contribution in [0.1, 0.15) is 37.8 Å². The first-order valence-corrected chi connectivity index (χ1v) is 9.82. The van der Waals surface area contributed by atoms with Crippen molar-refractivity contribution in [1.29, 1.82) is 0 Å². The number of terminal acetylenes is 1. The monoisotopic (exact) mass is 371 g/mol. The zero-order chi connectivity index (χ0) is 19.9. The summed E-state index contributed by atoms with van der Waals surface area (Å²) in [5, 5.41) is 3.05. The van der Waals surface area contributed by atoms with E-state index >= 15 is 0 Å². The average Bonchev–Trinajstić information content (AvgIpc) is 2.68. The molecule has 0 radical (unpaired) electrons. The Morgan fingerprint density at radius 1 is 1.22 bits per heavy atom. The van der Waals surface area contributed by atoms with Crippen molar-refractivity contribution >= 4 is 5.91 Å². The Labute approximate surface area is 164 Å². The summed E-state index contributed by atoms with van der Waals surface area (Å²) in [6.45, 7) is 11.0. The van der Waals surface area contributed by atoms with E-state index in [4.69, 9.17) is 11.2 Å². The molecule has 1 amide bonds. The molecule has 1 saturated heterocycles. The molecule has 1 N–H and O–H groups in total. The number of nitrogens with zero attached hydrogens (tertiary/aromatic N) is 2. The molecule has 0 spiro atoms. The number of hydrogen-bond donors (Lipinski definition) is 1. The predicted molar refractivity (Wildman–Crippen MR) is 110 cm³/mol. The third-order valence-corrected chi connectivity index (χ3v) is 5.52. The van der Waals surface area contributed by atoms with E-state index in [-0.39, 0.29) is 5.91 Å². The van der Waals surface area contributed by atoms with Crippen LogP contribution in [0.2, 0.25) is 0 Å². The summed E-state index contributed by atoms with van der Waals surface area (Å²) in [6, 6.07) is 6.29. The lowest BCUT2D eigenvalue weighted by Gasteiger charge is -2.35. The van der Waals surface area contributed by atoms with Crippen molar-refractivity contribution in [2.24, 2.45) is 0 Å². The molecule has 27 heavy (non-hydrogen) atoms. The molecule has 1 aliphatic heterocycles. The normalized spacial score (nSPS) is 16.0. The number of benzene rings is 1. The van der Waals surface area contributed by atoms with E-state index in [0.717, 1.165) is 51.3 Å². The number of carbonyl (C=O) groups excluding carboxylic acids is 1. The van der Waals surface area contributed by atoms with Crippen LogP contribution in [0, 0.1) is 19.3 Å². The Bertz CT molecular complexity index is 669. The van der Waals surface area contributed by atoms with Crippen LogP contribution in [0.5, 0.6) is 5.75 Å². The highest BCUT2D eigenvalue weighted by Gasteiger charge is 2.27. The molecule has 5 heteroatoms. The lowest BCUT2D eigenvalue weighted by molar-refractivity contribution is -0.124. The molecule has 0 atom stereocenters. The maximum atomic E-state index is 12.4. The van der Waals surface area contributed by atoms with Crippen LogP contribution in [0.25, 0.3) is 0 Å². The Morgan fingerprint density at radius 3 is 2.41 bits per heavy atom. The number of ether oxygens (including phenoxy) is 1. The fourth-order valence-electron chi connectivity index (χ4n) is 3.55. The third kappa shape index (κ3) is 5.72. The van der Waals surface area contributed by atoms with Gasteiger partial charge in [0.2, 0.25) is 5.91 Å². The lowest BCUT2D eigenvalue weighted by atomic mass is 9.94. The van der Waals surface area contributed by atoms with E-state index in [1.54, 1.807) is 7.11 Å². The molecule has 1 aliphatic rings. The fraction of sp³-hybridized carbons (Fsp3) is 0.591. The SMILES string of the molecule is C#CC(CC)(CC)NC(=O)CN1CCN(Cc2cc(C)ccc2OC)CC1. The molecule has 0 unspecified atom stereocenters. The summed E-state index contributed by atoms with van der Waals surface area (Å²) in [6.07, 6.45) is 7.14. The van der Waals surface area contributed by atoms with Crippen LogP contribution >= 0.6 is 0 Å². The first-order valence-electron chi connectivity index (χ1n) is 9.82. The first kappa shape index (κ1) is 21.3. The minimum Gasteiger partial charge on any atom is -0.496 e. The van der Waals surface area contributed by atoms with E-state index in [2.05, 4.69) is 40.1 Å². The van der Waals surface area contributed by atoms with Gasteiger partial charge in [0.1, 0.15) is 11.3 Å². The molecular weight excluding hydrogens is 338 g/mol. The quantitative estimate of drug-likeness (QED) is 0.713. The van der Waals surface area contributed by atoms with E-state index in [0.29, 0.717) is 6.54 Å². The van der Waals surface area contributed by atoms with Crippen molar-refractivity contribution < 1.29 is 9.53 Å². The van der Waals surface area contributed by atoms with Crippen LogP contribution < -0.4 is 10.1 Å². The highest BCUT2D eigenvalue weighted by Crippen LogP contribution is 2.22. The van der Waals surface area contributed by atoms with Gasteiger partial charge < -0.3 is 10.1 Å². The number of aryl methyl sites for hydroxylation is 1. The van der Waals surface area contributed by atoms with Crippen LogP contribution in [-0.2, 0) is 11.3 Å². The second-order valence-electron chi connectivity index (χ2n) is 7.35. The van der Waals surface area contributed by atoms with Gasteiger partial charge in [-0.25, -0.2) is 0 Å². The number of rotatable bonds is 8. The third-order valence-electron chi connectivity index (χ3n) is 5.52. The molecule has 1 heterocycles. The minimum absolute atomic E-state index is 0.0189. The summed E-state index contributed by atoms with van der Waals surface area (Å²) in [5.41, 5.74) is 1.94. The van der Waals surface area contributed by atoms with E-state index in [1.165, 1.54) is 11.1 Å². The summed E-state index contributed by atoms with van der Waals surface area (Å²) in [5.74, 6) is 3.72. The van der Waals surface area contributed by atoms with Crippen molar-refractivity contribution in [2.45, 2.75) is 45.7 Å². The summed E-state index contributed by atoms with van der Waals surface area (Å²) in [4.78, 5) is 17.0. The molecule has 1 aromatic rings. The molecule has 1 aromatic carbocycles. The minimum atomic E-state index is -0.513. The molecule has 0 aliphatic carbocycles. The van der Waals surface area contributed by atoms with Crippen molar-refractivity contribution in [3.63, 3.8) is 0 Å². The number of nitrogens with one attached hydrogen (secondary N) is 1. The molecule has 5 nitrogen and oxygen atoms in total. The Hall–Kier alpha value is -2.03. The van der Waals surface area contributed by atoms with Crippen LogP contribution in [0.15, 0.2) is 18.2 Å². The van der Waals surface area contributed by atoms with Gasteiger partial charge in [-0.05, 0) is 25.8 Å². The highest BCUT2D eigenvalue weighted by molar-refractivity contribution is 5.79. The molecule has 0 saturated carbocycles. The first-order chi connectivity index (χ1) is 12.9. The van der Waals surface area contributed by atoms with Gasteiger partial charge in [0.15, 0.2) is 0 Å². The largest absolute Gasteiger partial charge is 0.496 e. The highest BCUT2D eigenvalue weighted by atomic mass is 16.5. The number of carbonyl (C=O) groups is 1. The standard InChI is InChI=1S/C22H33N3O2/c1-6-22(7-2,8-3)23-21(26)17-25-13-11-24(12-14-25)16-19-15-18(4)9-10-20(19)27-5/h1,9-10,15H,7-8,11-14,16-17H2,2-5H3,(H,23,26). The van der Waals surface area contributed by atoms with Crippen LogP contribution in [0.4, 0.5) is 0 Å². The Kier molecular flexibility index (Phi) is 7.70. The molecular formula is C22H33N3O2. The van der Waals surface area contributed by atoms with Gasteiger partial charge in [0, 0.05) is 38.3 Å². The smallest absolute Gasteiger partial charge is 0.235 e. The number of methoxy groups -OCH3 is 1. The Morgan fingerprint density at radius 2 is 1.85 bits per heavy atom. The van der Waals surface area contributed by atoms with Gasteiger partial charge in [-0.2, -0.15) is 0 Å². The van der Waals surface area contributed by atoms with Crippen molar-refractivity contribution in [2.75, 3.05) is 39.8 Å². The topological polar surface area (TPSA) is 44.8 Å². The van der Waals surface area contributed by atoms with Crippen LogP contribution in [0.3, 0.4) is 0 Å². The summed E-state index contributed by atoms with van der Waals surface area (Å²) in [7, 11) is 1.72. The molecule has 0 aromatic heterocycles. The van der Waals surface area contributed by atoms with Gasteiger partial charge >= 0.3 is 0 Å². The van der Waals surface area contributed by atoms with Crippen molar-refractivity contribution in [3.8, 4) is 18.1 Å². The van der Waals surface area contributed by atoms with E-state index < -0.39 is 5.54 Å². The Balaban J connectivity index is 1.84. The summed E-state index contributed by atoms with van der Waals surface area (Å²) < 4.78 is 5.49. The number of hydrogen-bond acceptors (Lipinski definition) is 4. The van der Waals surface area contributed by atoms with Crippen LogP contribution in [-0.4, -0.2) is 61.1 Å². The predicted octanol–water partition coefficient (Wildman–Crippen LogP) is 2.43. The molecule has 0 bridgehead atoms. The maximum Gasteiger partial charge on any atom is 0.235 e. The van der Waals surface area contributed by atoms with Gasteiger partial charge in [-0.1, -0.05) is 37.5 Å². The molecule has 1 fully saturated rings. The number of piperazine rings is 1. The van der Waals surface area contributed by atoms with Gasteiger partial charge in [-0.15, -0.1) is 6.42 Å². The average molecular weight is 372 g/mol. The molecule has 148 valence electrons. The maximum absolute atomic E-state index is 12.4. The molecule has 2 rings (SSSR count). The van der Waals surface area contributed by atoms with Crippen molar-refractivity contribution in [1.82, 2.24) is 15.1 Å². The fourth-order valence-corrected chi connectivity index (χ4v) is 3.55. The van der Waals surface area contributed by atoms with Crippen molar-refractivity contribution in [3.05, 3.63) is 29.3 Å². The van der Waals surface area contributed by atoms with Gasteiger partial charge in [-0.3, -0.25) is 14.6 Å². The van der Waals surface area contributed by atoms with E-state index in [1.807, 2.05) is 19.9 Å². The lowest BCUT2D eigenvalue weighted by Crippen LogP contribution is -2.53. The number of amides is 1.